The summed E-state index contributed by atoms with van der Waals surface area (Å²) >= 11 is 18.0. The minimum absolute atomic E-state index is 0.168. The van der Waals surface area contributed by atoms with Crippen LogP contribution in [0.25, 0.3) is 0 Å². The fourth-order valence-electron chi connectivity index (χ4n) is 2.69. The summed E-state index contributed by atoms with van der Waals surface area (Å²) in [7, 11) is 1.43. The van der Waals surface area contributed by atoms with E-state index in [2.05, 4.69) is 10.5 Å². The third-order valence-electron chi connectivity index (χ3n) is 4.29. The molecule has 0 fully saturated rings. The molecule has 0 atom stereocenters. The van der Waals surface area contributed by atoms with Crippen LogP contribution in [0, 0.1) is 6.92 Å². The molecular weight excluding hydrogens is 475 g/mol. The van der Waals surface area contributed by atoms with Crippen LogP contribution >= 0.6 is 34.8 Å². The van der Waals surface area contributed by atoms with E-state index in [9.17, 15) is 9.59 Å². The second-order valence-corrected chi connectivity index (χ2v) is 7.86. The van der Waals surface area contributed by atoms with Gasteiger partial charge in [0.25, 0.3) is 5.91 Å². The van der Waals surface area contributed by atoms with Crippen LogP contribution in [0.3, 0.4) is 0 Å². The smallest absolute Gasteiger partial charge is 0.345 e. The van der Waals surface area contributed by atoms with E-state index in [4.69, 9.17) is 44.3 Å². The van der Waals surface area contributed by atoms with Gasteiger partial charge in [-0.15, -0.1) is 0 Å². The van der Waals surface area contributed by atoms with Gasteiger partial charge in [-0.1, -0.05) is 40.9 Å². The van der Waals surface area contributed by atoms with Gasteiger partial charge in [0.05, 0.1) is 34.5 Å². The highest BCUT2D eigenvalue weighted by molar-refractivity contribution is 6.36. The first-order chi connectivity index (χ1) is 15.3. The average Bonchev–Trinajstić information content (AvgIpc) is 2.74. The summed E-state index contributed by atoms with van der Waals surface area (Å²) in [5.74, 6) is -0.617. The minimum Gasteiger partial charge on any atom is -0.493 e. The van der Waals surface area contributed by atoms with Crippen molar-refractivity contribution in [2.45, 2.75) is 6.92 Å². The molecule has 3 aromatic carbocycles. The predicted octanol–water partition coefficient (Wildman–Crippen LogP) is 5.95. The molecule has 3 aromatic rings. The monoisotopic (exact) mass is 490 g/mol. The molecule has 0 aliphatic heterocycles. The van der Waals surface area contributed by atoms with E-state index in [-0.39, 0.29) is 16.3 Å². The molecular formula is C23H17Cl3N2O4. The Labute approximate surface area is 199 Å². The molecule has 1 N–H and O–H groups in total. The molecule has 9 heteroatoms. The Kier molecular flexibility index (Phi) is 7.75. The number of halogens is 3. The van der Waals surface area contributed by atoms with Crippen LogP contribution in [0.2, 0.25) is 15.1 Å². The molecule has 0 saturated heterocycles. The molecule has 0 spiro atoms. The summed E-state index contributed by atoms with van der Waals surface area (Å²) < 4.78 is 10.7. The van der Waals surface area contributed by atoms with Gasteiger partial charge in [-0.2, -0.15) is 5.10 Å². The summed E-state index contributed by atoms with van der Waals surface area (Å²) in [5.41, 5.74) is 4.45. The highest BCUT2D eigenvalue weighted by Crippen LogP contribution is 2.30. The third-order valence-corrected chi connectivity index (χ3v) is 5.15. The van der Waals surface area contributed by atoms with E-state index in [1.165, 1.54) is 25.5 Å². The number of esters is 1. The number of nitrogens with zero attached hydrogens (tertiary/aromatic N) is 1. The molecule has 0 aliphatic rings. The first-order valence-electron chi connectivity index (χ1n) is 9.23. The number of hydrogen-bond acceptors (Lipinski definition) is 5. The number of hydrogen-bond donors (Lipinski definition) is 1. The molecule has 1 amide bonds. The van der Waals surface area contributed by atoms with Gasteiger partial charge < -0.3 is 9.47 Å². The van der Waals surface area contributed by atoms with Crippen molar-refractivity contribution in [3.63, 3.8) is 0 Å². The zero-order valence-corrected chi connectivity index (χ0v) is 19.3. The lowest BCUT2D eigenvalue weighted by molar-refractivity contribution is 0.0729. The molecule has 6 nitrogen and oxygen atoms in total. The van der Waals surface area contributed by atoms with E-state index in [1.807, 2.05) is 6.92 Å². The zero-order valence-electron chi connectivity index (χ0n) is 17.0. The average molecular weight is 492 g/mol. The molecule has 0 aliphatic carbocycles. The van der Waals surface area contributed by atoms with Crippen LogP contribution in [0.4, 0.5) is 0 Å². The van der Waals surface area contributed by atoms with Crippen molar-refractivity contribution in [2.24, 2.45) is 5.10 Å². The lowest BCUT2D eigenvalue weighted by Gasteiger charge is -2.10. The van der Waals surface area contributed by atoms with Gasteiger partial charge >= 0.3 is 5.97 Å². The van der Waals surface area contributed by atoms with Crippen molar-refractivity contribution in [3.8, 4) is 11.5 Å². The van der Waals surface area contributed by atoms with Gasteiger partial charge in [0.15, 0.2) is 11.5 Å². The number of amides is 1. The Balaban J connectivity index is 1.70. The second kappa shape index (κ2) is 10.5. The summed E-state index contributed by atoms with van der Waals surface area (Å²) in [6, 6.07) is 14.4. The topological polar surface area (TPSA) is 77.0 Å². The maximum atomic E-state index is 12.4. The lowest BCUT2D eigenvalue weighted by atomic mass is 10.1. The van der Waals surface area contributed by atoms with Gasteiger partial charge in [-0.25, -0.2) is 10.2 Å². The summed E-state index contributed by atoms with van der Waals surface area (Å²) in [5, 5.41) is 4.86. The van der Waals surface area contributed by atoms with Gasteiger partial charge in [0.2, 0.25) is 0 Å². The number of benzene rings is 3. The van der Waals surface area contributed by atoms with Crippen molar-refractivity contribution in [3.05, 3.63) is 91.9 Å². The van der Waals surface area contributed by atoms with Crippen molar-refractivity contribution < 1.29 is 19.1 Å². The number of aryl methyl sites for hydroxylation is 1. The third kappa shape index (κ3) is 5.79. The lowest BCUT2D eigenvalue weighted by Crippen LogP contribution is -2.18. The predicted molar refractivity (Wildman–Crippen MR) is 126 cm³/mol. The Morgan fingerprint density at radius 3 is 2.31 bits per heavy atom. The van der Waals surface area contributed by atoms with Gasteiger partial charge in [0, 0.05) is 5.02 Å². The largest absolute Gasteiger partial charge is 0.493 e. The first kappa shape index (κ1) is 23.6. The van der Waals surface area contributed by atoms with Crippen molar-refractivity contribution in [1.29, 1.82) is 0 Å². The van der Waals surface area contributed by atoms with E-state index in [1.54, 1.807) is 42.5 Å². The maximum Gasteiger partial charge on any atom is 0.345 e. The molecule has 32 heavy (non-hydrogen) atoms. The highest BCUT2D eigenvalue weighted by atomic mass is 35.5. The van der Waals surface area contributed by atoms with Crippen LogP contribution in [0.5, 0.6) is 11.5 Å². The SMILES string of the molecule is COc1cc(/C=N/NC(=O)c2ccc(C)cc2Cl)ccc1OC(=O)c1ccc(Cl)cc1Cl. The molecule has 0 heterocycles. The number of carbonyl (C=O) groups is 2. The number of hydrazone groups is 1. The molecule has 0 unspecified atom stereocenters. The molecule has 0 radical (unpaired) electrons. The maximum absolute atomic E-state index is 12.4. The first-order valence-corrected chi connectivity index (χ1v) is 10.4. The number of methoxy groups -OCH3 is 1. The van der Waals surface area contributed by atoms with E-state index < -0.39 is 11.9 Å². The number of ether oxygens (including phenoxy) is 2. The molecule has 0 bridgehead atoms. The van der Waals surface area contributed by atoms with Crippen LogP contribution in [-0.4, -0.2) is 25.2 Å². The molecule has 0 aromatic heterocycles. The Bertz CT molecular complexity index is 1210. The van der Waals surface area contributed by atoms with Crippen LogP contribution in [0.15, 0.2) is 59.7 Å². The molecule has 164 valence electrons. The van der Waals surface area contributed by atoms with Crippen molar-refractivity contribution in [1.82, 2.24) is 5.43 Å². The Morgan fingerprint density at radius 1 is 0.906 bits per heavy atom. The normalized spacial score (nSPS) is 10.8. The standard InChI is InChI=1S/C23H17Cl3N2O4/c1-13-3-6-16(18(25)9-13)22(29)28-27-12-14-4-8-20(21(10-14)31-2)32-23(30)17-7-5-15(24)11-19(17)26/h3-12H,1-2H3,(H,28,29)/b27-12+. The summed E-state index contributed by atoms with van der Waals surface area (Å²) in [6.07, 6.45) is 1.42. The molecule has 3 rings (SSSR count). The number of rotatable bonds is 6. The van der Waals surface area contributed by atoms with Gasteiger partial charge in [0.1, 0.15) is 0 Å². The van der Waals surface area contributed by atoms with E-state index in [0.29, 0.717) is 26.9 Å². The van der Waals surface area contributed by atoms with Crippen LogP contribution < -0.4 is 14.9 Å². The van der Waals surface area contributed by atoms with Gasteiger partial charge in [-0.05, 0) is 66.6 Å². The highest BCUT2D eigenvalue weighted by Gasteiger charge is 2.16. The van der Waals surface area contributed by atoms with Crippen LogP contribution in [-0.2, 0) is 0 Å². The zero-order chi connectivity index (χ0) is 23.3. The fraction of sp³-hybridized carbons (Fsp3) is 0.0870. The summed E-state index contributed by atoms with van der Waals surface area (Å²) in [4.78, 5) is 24.7. The summed E-state index contributed by atoms with van der Waals surface area (Å²) in [6.45, 7) is 1.88. The van der Waals surface area contributed by atoms with Crippen LogP contribution in [0.1, 0.15) is 31.8 Å². The Morgan fingerprint density at radius 2 is 1.62 bits per heavy atom. The van der Waals surface area contributed by atoms with E-state index >= 15 is 0 Å². The van der Waals surface area contributed by atoms with Crippen molar-refractivity contribution in [2.75, 3.05) is 7.11 Å². The van der Waals surface area contributed by atoms with E-state index in [0.717, 1.165) is 5.56 Å². The number of nitrogens with one attached hydrogen (secondary N) is 1. The second-order valence-electron chi connectivity index (χ2n) is 6.61. The Hall–Kier alpha value is -3.06. The number of carbonyl (C=O) groups excluding carboxylic acids is 2. The van der Waals surface area contributed by atoms with Crippen molar-refractivity contribution >= 4 is 52.9 Å². The molecule has 0 saturated carbocycles. The minimum atomic E-state index is -0.659. The quantitative estimate of drug-likeness (QED) is 0.200. The fourth-order valence-corrected chi connectivity index (χ4v) is 3.50. The van der Waals surface area contributed by atoms with Gasteiger partial charge in [-0.3, -0.25) is 4.79 Å².